The molecule has 0 spiro atoms. The monoisotopic (exact) mass is 355 g/mol. The SMILES string of the molecule is COc1ccc(CN2C[C@H]3CCN(C)C(=O)[C@H]3C2)cc1Cn1cncn1. The second-order valence-electron chi connectivity index (χ2n) is 7.35. The minimum absolute atomic E-state index is 0.168. The summed E-state index contributed by atoms with van der Waals surface area (Å²) < 4.78 is 7.29. The van der Waals surface area contributed by atoms with E-state index in [1.165, 1.54) is 11.9 Å². The highest BCUT2D eigenvalue weighted by Crippen LogP contribution is 2.32. The topological polar surface area (TPSA) is 63.5 Å². The summed E-state index contributed by atoms with van der Waals surface area (Å²) in [7, 11) is 3.61. The van der Waals surface area contributed by atoms with Crippen LogP contribution in [0.15, 0.2) is 30.9 Å². The zero-order valence-corrected chi connectivity index (χ0v) is 15.3. The van der Waals surface area contributed by atoms with Crippen molar-refractivity contribution in [2.45, 2.75) is 19.5 Å². The summed E-state index contributed by atoms with van der Waals surface area (Å²) in [6.45, 7) is 4.25. The number of likely N-dealkylation sites (tertiary alicyclic amines) is 2. The first-order chi connectivity index (χ1) is 12.6. The lowest BCUT2D eigenvalue weighted by molar-refractivity contribution is -0.137. The minimum Gasteiger partial charge on any atom is -0.496 e. The van der Waals surface area contributed by atoms with Crippen LogP contribution in [0.1, 0.15) is 17.5 Å². The molecule has 1 aromatic carbocycles. The van der Waals surface area contributed by atoms with Crippen LogP contribution in [0.4, 0.5) is 0 Å². The van der Waals surface area contributed by atoms with Gasteiger partial charge >= 0.3 is 0 Å². The summed E-state index contributed by atoms with van der Waals surface area (Å²) in [6, 6.07) is 6.31. The Hall–Kier alpha value is -2.41. The van der Waals surface area contributed by atoms with Crippen LogP contribution in [-0.2, 0) is 17.9 Å². The Morgan fingerprint density at radius 3 is 2.92 bits per heavy atom. The number of carbonyl (C=O) groups is 1. The van der Waals surface area contributed by atoms with Crippen LogP contribution in [-0.4, -0.2) is 64.3 Å². The van der Waals surface area contributed by atoms with Gasteiger partial charge in [-0.1, -0.05) is 6.07 Å². The number of carbonyl (C=O) groups excluding carboxylic acids is 1. The maximum Gasteiger partial charge on any atom is 0.227 e. The molecule has 1 amide bonds. The second kappa shape index (κ2) is 7.07. The van der Waals surface area contributed by atoms with E-state index in [4.69, 9.17) is 4.74 Å². The van der Waals surface area contributed by atoms with Gasteiger partial charge in [-0.25, -0.2) is 9.67 Å². The molecule has 2 aliphatic rings. The molecular formula is C19H25N5O2. The number of benzene rings is 1. The van der Waals surface area contributed by atoms with Gasteiger partial charge in [0.15, 0.2) is 0 Å². The number of amides is 1. The molecule has 2 saturated heterocycles. The standard InChI is InChI=1S/C19H25N5O2/c1-22-6-5-15-9-23(11-17(15)19(22)25)8-14-3-4-18(26-2)16(7-14)10-24-13-20-12-21-24/h3-4,7,12-13,15,17H,5-6,8-11H2,1-2H3/t15-,17+/m1/s1. The van der Waals surface area contributed by atoms with Crippen LogP contribution >= 0.6 is 0 Å². The average Bonchev–Trinajstić information content (AvgIpc) is 3.28. The van der Waals surface area contributed by atoms with E-state index >= 15 is 0 Å². The second-order valence-corrected chi connectivity index (χ2v) is 7.35. The third kappa shape index (κ3) is 3.31. The Morgan fingerprint density at radius 1 is 1.27 bits per heavy atom. The molecule has 0 radical (unpaired) electrons. The van der Waals surface area contributed by atoms with Gasteiger partial charge in [-0.2, -0.15) is 5.10 Å². The number of methoxy groups -OCH3 is 1. The summed E-state index contributed by atoms with van der Waals surface area (Å²) in [6.07, 6.45) is 4.36. The quantitative estimate of drug-likeness (QED) is 0.808. The molecule has 26 heavy (non-hydrogen) atoms. The zero-order chi connectivity index (χ0) is 18.1. The molecule has 7 heteroatoms. The molecule has 0 saturated carbocycles. The fourth-order valence-corrected chi connectivity index (χ4v) is 4.22. The summed E-state index contributed by atoms with van der Waals surface area (Å²) >= 11 is 0. The number of aromatic nitrogens is 3. The maximum absolute atomic E-state index is 12.4. The van der Waals surface area contributed by atoms with Crippen LogP contribution in [0.25, 0.3) is 0 Å². The van der Waals surface area contributed by atoms with Gasteiger partial charge in [0, 0.05) is 38.8 Å². The van der Waals surface area contributed by atoms with E-state index < -0.39 is 0 Å². The summed E-state index contributed by atoms with van der Waals surface area (Å²) in [5.41, 5.74) is 2.32. The molecule has 0 aliphatic carbocycles. The highest BCUT2D eigenvalue weighted by molar-refractivity contribution is 5.80. The van der Waals surface area contributed by atoms with Gasteiger partial charge in [-0.3, -0.25) is 9.69 Å². The van der Waals surface area contributed by atoms with Crippen molar-refractivity contribution >= 4 is 5.91 Å². The lowest BCUT2D eigenvalue weighted by Crippen LogP contribution is -2.42. The van der Waals surface area contributed by atoms with Crippen molar-refractivity contribution in [2.24, 2.45) is 11.8 Å². The number of ether oxygens (including phenoxy) is 1. The smallest absolute Gasteiger partial charge is 0.227 e. The fraction of sp³-hybridized carbons (Fsp3) is 0.526. The Bertz CT molecular complexity index is 776. The Morgan fingerprint density at radius 2 is 2.15 bits per heavy atom. The lowest BCUT2D eigenvalue weighted by atomic mass is 9.88. The summed E-state index contributed by atoms with van der Waals surface area (Å²) in [5, 5.41) is 4.18. The average molecular weight is 355 g/mol. The van der Waals surface area contributed by atoms with Gasteiger partial charge in [0.25, 0.3) is 0 Å². The number of hydrogen-bond acceptors (Lipinski definition) is 5. The van der Waals surface area contributed by atoms with Gasteiger partial charge in [0.1, 0.15) is 18.4 Å². The highest BCUT2D eigenvalue weighted by Gasteiger charge is 2.41. The first-order valence-corrected chi connectivity index (χ1v) is 9.09. The fourth-order valence-electron chi connectivity index (χ4n) is 4.22. The van der Waals surface area contributed by atoms with Gasteiger partial charge in [0.2, 0.25) is 5.91 Å². The van der Waals surface area contributed by atoms with E-state index in [1.807, 2.05) is 18.0 Å². The lowest BCUT2D eigenvalue weighted by Gasteiger charge is -2.30. The first-order valence-electron chi connectivity index (χ1n) is 9.09. The molecule has 7 nitrogen and oxygen atoms in total. The van der Waals surface area contributed by atoms with E-state index in [-0.39, 0.29) is 5.92 Å². The van der Waals surface area contributed by atoms with Crippen LogP contribution < -0.4 is 4.74 Å². The molecule has 0 N–H and O–H groups in total. The normalized spacial score (nSPS) is 23.3. The molecule has 1 aromatic heterocycles. The maximum atomic E-state index is 12.4. The predicted octanol–water partition coefficient (Wildman–Crippen LogP) is 1.25. The molecule has 2 aliphatic heterocycles. The first kappa shape index (κ1) is 17.0. The van der Waals surface area contributed by atoms with Gasteiger partial charge in [-0.05, 0) is 30.0 Å². The van der Waals surface area contributed by atoms with E-state index in [0.29, 0.717) is 18.4 Å². The molecule has 0 bridgehead atoms. The molecule has 2 atom stereocenters. The molecule has 3 heterocycles. The number of nitrogens with zero attached hydrogens (tertiary/aromatic N) is 5. The molecule has 2 fully saturated rings. The van der Waals surface area contributed by atoms with Crippen molar-refractivity contribution in [2.75, 3.05) is 33.8 Å². The van der Waals surface area contributed by atoms with Gasteiger partial charge < -0.3 is 9.64 Å². The molecule has 4 rings (SSSR count). The van der Waals surface area contributed by atoms with Crippen molar-refractivity contribution in [3.63, 3.8) is 0 Å². The molecule has 2 aromatic rings. The van der Waals surface area contributed by atoms with Crippen molar-refractivity contribution in [3.8, 4) is 5.75 Å². The minimum atomic E-state index is 0.168. The van der Waals surface area contributed by atoms with Crippen molar-refractivity contribution < 1.29 is 9.53 Å². The van der Waals surface area contributed by atoms with Gasteiger partial charge in [-0.15, -0.1) is 0 Å². The van der Waals surface area contributed by atoms with Crippen LogP contribution in [0.5, 0.6) is 5.75 Å². The Balaban J connectivity index is 1.47. The Labute approximate surface area is 153 Å². The zero-order valence-electron chi connectivity index (χ0n) is 15.3. The number of rotatable bonds is 5. The molecular weight excluding hydrogens is 330 g/mol. The number of piperidine rings is 1. The van der Waals surface area contributed by atoms with Crippen molar-refractivity contribution in [1.29, 1.82) is 0 Å². The highest BCUT2D eigenvalue weighted by atomic mass is 16.5. The summed E-state index contributed by atoms with van der Waals surface area (Å²) in [4.78, 5) is 20.7. The third-order valence-electron chi connectivity index (χ3n) is 5.60. The van der Waals surface area contributed by atoms with Crippen LogP contribution in [0.3, 0.4) is 0 Å². The van der Waals surface area contributed by atoms with Gasteiger partial charge in [0.05, 0.1) is 19.6 Å². The van der Waals surface area contributed by atoms with Crippen molar-refractivity contribution in [1.82, 2.24) is 24.6 Å². The van der Waals surface area contributed by atoms with Crippen molar-refractivity contribution in [3.05, 3.63) is 42.0 Å². The van der Waals surface area contributed by atoms with E-state index in [9.17, 15) is 4.79 Å². The molecule has 0 unspecified atom stereocenters. The van der Waals surface area contributed by atoms with Crippen LogP contribution in [0.2, 0.25) is 0 Å². The van der Waals surface area contributed by atoms with E-state index in [1.54, 1.807) is 18.1 Å². The van der Waals surface area contributed by atoms with E-state index in [0.717, 1.165) is 43.9 Å². The predicted molar refractivity (Wildman–Crippen MR) is 96.6 cm³/mol. The Kier molecular flexibility index (Phi) is 4.63. The van der Waals surface area contributed by atoms with Crippen LogP contribution in [0, 0.1) is 11.8 Å². The number of fused-ring (bicyclic) bond motifs is 1. The third-order valence-corrected chi connectivity index (χ3v) is 5.60. The largest absolute Gasteiger partial charge is 0.496 e. The molecule has 138 valence electrons. The summed E-state index contributed by atoms with van der Waals surface area (Å²) in [5.74, 6) is 1.84. The van der Waals surface area contributed by atoms with E-state index in [2.05, 4.69) is 27.1 Å². The number of hydrogen-bond donors (Lipinski definition) is 0.